The van der Waals surface area contributed by atoms with Crippen molar-refractivity contribution in [3.05, 3.63) is 21.6 Å². The van der Waals surface area contributed by atoms with E-state index in [0.717, 1.165) is 35.3 Å². The van der Waals surface area contributed by atoms with Gasteiger partial charge in [-0.2, -0.15) is 0 Å². The first kappa shape index (κ1) is 26.5. The van der Waals surface area contributed by atoms with Gasteiger partial charge in [-0.05, 0) is 42.1 Å². The number of hydrogen-bond acceptors (Lipinski definition) is 2. The second kappa shape index (κ2) is 13.7. The number of thiol groups is 1. The van der Waals surface area contributed by atoms with Crippen LogP contribution in [0.5, 0.6) is 0 Å². The van der Waals surface area contributed by atoms with Crippen molar-refractivity contribution in [2.45, 2.75) is 131 Å². The van der Waals surface area contributed by atoms with Crippen LogP contribution in [0.2, 0.25) is 0 Å². The van der Waals surface area contributed by atoms with Crippen LogP contribution < -0.4 is 0 Å². The van der Waals surface area contributed by atoms with Gasteiger partial charge in [-0.25, -0.2) is 0 Å². The molecule has 1 rings (SSSR count). The molecule has 0 saturated carbocycles. The number of carbonyl (C=O) groups excluding carboxylic acids is 1. The Kier molecular flexibility index (Phi) is 12.6. The lowest BCUT2D eigenvalue weighted by atomic mass is 9.72. The van der Waals surface area contributed by atoms with Gasteiger partial charge in [-0.15, -0.1) is 12.6 Å². The fourth-order valence-electron chi connectivity index (χ4n) is 4.64. The summed E-state index contributed by atoms with van der Waals surface area (Å²) in [7, 11) is 0. The van der Waals surface area contributed by atoms with Crippen molar-refractivity contribution in [3.8, 4) is 0 Å². The van der Waals surface area contributed by atoms with Crippen LogP contribution in [0.3, 0.4) is 0 Å². The quantitative estimate of drug-likeness (QED) is 0.219. The van der Waals surface area contributed by atoms with Crippen LogP contribution in [0.15, 0.2) is 21.6 Å². The molecule has 1 aliphatic rings. The van der Waals surface area contributed by atoms with E-state index in [1.165, 1.54) is 76.2 Å². The molecule has 0 N–H and O–H groups in total. The molecule has 2 heteroatoms. The summed E-state index contributed by atoms with van der Waals surface area (Å²) in [6, 6.07) is 0. The Morgan fingerprint density at radius 3 is 1.79 bits per heavy atom. The van der Waals surface area contributed by atoms with E-state index in [4.69, 9.17) is 12.6 Å². The second-order valence-corrected chi connectivity index (χ2v) is 10.6. The zero-order valence-electron chi connectivity index (χ0n) is 20.3. The van der Waals surface area contributed by atoms with Crippen LogP contribution in [-0.4, -0.2) is 5.78 Å². The Hall–Kier alpha value is -0.500. The monoisotopic (exact) mass is 420 g/mol. The zero-order valence-corrected chi connectivity index (χ0v) is 21.2. The summed E-state index contributed by atoms with van der Waals surface area (Å²) in [5.74, 6) is 0.638. The molecule has 0 aliphatic heterocycles. The van der Waals surface area contributed by atoms with Crippen molar-refractivity contribution < 1.29 is 4.79 Å². The zero-order chi connectivity index (χ0) is 21.9. The fourth-order valence-corrected chi connectivity index (χ4v) is 5.40. The number of unbranched alkanes of at least 4 members (excludes halogenated alkanes) is 10. The van der Waals surface area contributed by atoms with Gasteiger partial charge >= 0.3 is 0 Å². The normalized spacial score (nSPS) is 18.2. The Labute approximate surface area is 187 Å². The van der Waals surface area contributed by atoms with Crippen molar-refractivity contribution >= 4 is 18.4 Å². The molecule has 1 nitrogen and oxygen atoms in total. The number of allylic oxidation sites excluding steroid dienone is 4. The minimum atomic E-state index is -0.138. The van der Waals surface area contributed by atoms with Crippen molar-refractivity contribution in [2.24, 2.45) is 11.3 Å². The summed E-state index contributed by atoms with van der Waals surface area (Å²) in [4.78, 5) is 14.4. The van der Waals surface area contributed by atoms with E-state index in [-0.39, 0.29) is 11.2 Å². The molecule has 168 valence electrons. The van der Waals surface area contributed by atoms with E-state index in [9.17, 15) is 4.79 Å². The maximum atomic E-state index is 13.4. The first-order valence-corrected chi connectivity index (χ1v) is 12.9. The molecule has 0 heterocycles. The minimum absolute atomic E-state index is 0.138. The van der Waals surface area contributed by atoms with Crippen LogP contribution in [0.25, 0.3) is 0 Å². The molecule has 1 atom stereocenters. The van der Waals surface area contributed by atoms with Gasteiger partial charge in [0.1, 0.15) is 0 Å². The molecule has 1 unspecified atom stereocenters. The van der Waals surface area contributed by atoms with Crippen LogP contribution in [0.1, 0.15) is 131 Å². The molecule has 0 bridgehead atoms. The van der Waals surface area contributed by atoms with Crippen LogP contribution in [-0.2, 0) is 4.79 Å². The summed E-state index contributed by atoms with van der Waals surface area (Å²) < 4.78 is 0. The predicted octanol–water partition coefficient (Wildman–Crippen LogP) is 9.23. The molecular formula is C27H48OS. The first-order valence-electron chi connectivity index (χ1n) is 12.4. The standard InChI is InChI=1S/C27H48OS/c1-7-9-11-13-15-17-19-22-21(3)23(20-18-16-14-12-10-8-2)26(29)24(25(22)28)27(4,5)6/h23,29H,7-20H2,1-6H3. The van der Waals surface area contributed by atoms with E-state index in [1.807, 2.05) is 0 Å². The van der Waals surface area contributed by atoms with Gasteiger partial charge in [0.2, 0.25) is 0 Å². The van der Waals surface area contributed by atoms with Crippen molar-refractivity contribution in [2.75, 3.05) is 0 Å². The number of hydrogen-bond donors (Lipinski definition) is 1. The predicted molar refractivity (Wildman–Crippen MR) is 133 cm³/mol. The molecule has 0 amide bonds. The Morgan fingerprint density at radius 1 is 0.793 bits per heavy atom. The highest BCUT2D eigenvalue weighted by Gasteiger charge is 2.36. The smallest absolute Gasteiger partial charge is 0.186 e. The first-order chi connectivity index (χ1) is 13.8. The molecule has 29 heavy (non-hydrogen) atoms. The van der Waals surface area contributed by atoms with Gasteiger partial charge in [0.05, 0.1) is 0 Å². The molecule has 0 radical (unpaired) electrons. The molecule has 0 fully saturated rings. The van der Waals surface area contributed by atoms with Crippen molar-refractivity contribution in [1.29, 1.82) is 0 Å². The Balaban J connectivity index is 2.83. The highest BCUT2D eigenvalue weighted by atomic mass is 32.1. The summed E-state index contributed by atoms with van der Waals surface area (Å²) in [5, 5.41) is 0. The molecule has 1 aliphatic carbocycles. The van der Waals surface area contributed by atoms with Crippen LogP contribution in [0.4, 0.5) is 0 Å². The van der Waals surface area contributed by atoms with E-state index < -0.39 is 0 Å². The van der Waals surface area contributed by atoms with Crippen LogP contribution >= 0.6 is 12.6 Å². The van der Waals surface area contributed by atoms with Gasteiger partial charge in [-0.3, -0.25) is 4.79 Å². The highest BCUT2D eigenvalue weighted by Crippen LogP contribution is 2.45. The van der Waals surface area contributed by atoms with E-state index in [1.54, 1.807) is 0 Å². The van der Waals surface area contributed by atoms with Crippen LogP contribution in [0, 0.1) is 11.3 Å². The van der Waals surface area contributed by atoms with Crippen molar-refractivity contribution in [1.82, 2.24) is 0 Å². The average molecular weight is 421 g/mol. The SMILES string of the molecule is CCCCCCCCC1=C(C)C(CCCCCCCC)C(S)=C(C(C)(C)C)C1=O. The third-order valence-corrected chi connectivity index (χ3v) is 7.00. The number of carbonyl (C=O) groups is 1. The highest BCUT2D eigenvalue weighted by molar-refractivity contribution is 7.84. The molecular weight excluding hydrogens is 372 g/mol. The van der Waals surface area contributed by atoms with E-state index in [2.05, 4.69) is 41.5 Å². The summed E-state index contributed by atoms with van der Waals surface area (Å²) in [6.07, 6.45) is 17.6. The molecule has 0 spiro atoms. The molecule has 0 saturated heterocycles. The van der Waals surface area contributed by atoms with Crippen molar-refractivity contribution in [3.63, 3.8) is 0 Å². The summed E-state index contributed by atoms with van der Waals surface area (Å²) in [5.41, 5.74) is 3.26. The average Bonchev–Trinajstić information content (AvgIpc) is 2.64. The molecule has 0 aromatic heterocycles. The fraction of sp³-hybridized carbons (Fsp3) is 0.815. The van der Waals surface area contributed by atoms with E-state index in [0.29, 0.717) is 5.92 Å². The lowest BCUT2D eigenvalue weighted by molar-refractivity contribution is -0.113. The molecule has 0 aromatic carbocycles. The van der Waals surface area contributed by atoms with Gasteiger partial charge in [0.25, 0.3) is 0 Å². The minimum Gasteiger partial charge on any atom is -0.289 e. The molecule has 0 aromatic rings. The lowest BCUT2D eigenvalue weighted by Gasteiger charge is -2.34. The lowest BCUT2D eigenvalue weighted by Crippen LogP contribution is -2.28. The summed E-state index contributed by atoms with van der Waals surface area (Å²) in [6.45, 7) is 13.2. The second-order valence-electron chi connectivity index (χ2n) is 10.1. The topological polar surface area (TPSA) is 17.1 Å². The Bertz CT molecular complexity index is 562. The van der Waals surface area contributed by atoms with Gasteiger partial charge in [-0.1, -0.05) is 111 Å². The van der Waals surface area contributed by atoms with Gasteiger partial charge < -0.3 is 0 Å². The third-order valence-electron chi connectivity index (χ3n) is 6.46. The third kappa shape index (κ3) is 8.64. The number of Topliss-reactive ketones (excluding diaryl/α,β-unsaturated/α-hetero) is 1. The largest absolute Gasteiger partial charge is 0.289 e. The number of ketones is 1. The maximum Gasteiger partial charge on any atom is 0.186 e. The number of rotatable bonds is 14. The van der Waals surface area contributed by atoms with E-state index >= 15 is 0 Å². The van der Waals surface area contributed by atoms with Gasteiger partial charge in [0, 0.05) is 11.5 Å². The Morgan fingerprint density at radius 2 is 1.28 bits per heavy atom. The van der Waals surface area contributed by atoms with Gasteiger partial charge in [0.15, 0.2) is 5.78 Å². The summed E-state index contributed by atoms with van der Waals surface area (Å²) >= 11 is 4.94. The maximum absolute atomic E-state index is 13.4.